The first-order valence-electron chi connectivity index (χ1n) is 8.43. The summed E-state index contributed by atoms with van der Waals surface area (Å²) in [6.45, 7) is 3.32. The van der Waals surface area contributed by atoms with Gasteiger partial charge in [0.1, 0.15) is 0 Å². The molecule has 0 atom stereocenters. The van der Waals surface area contributed by atoms with Gasteiger partial charge in [-0.15, -0.1) is 0 Å². The predicted octanol–water partition coefficient (Wildman–Crippen LogP) is 4.84. The summed E-state index contributed by atoms with van der Waals surface area (Å²) in [5.74, 6) is -0.498. The third-order valence-corrected chi connectivity index (χ3v) is 4.71. The van der Waals surface area contributed by atoms with Crippen molar-refractivity contribution in [2.24, 2.45) is 4.99 Å². The van der Waals surface area contributed by atoms with Crippen molar-refractivity contribution in [3.63, 3.8) is 0 Å². The molecule has 3 aromatic rings. The number of carbonyl (C=O) groups excluding carboxylic acids is 1. The van der Waals surface area contributed by atoms with Crippen LogP contribution in [-0.2, 0) is 12.1 Å². The third kappa shape index (κ3) is 3.58. The highest BCUT2D eigenvalue weighted by Gasteiger charge is 2.71. The lowest BCUT2D eigenvalue weighted by molar-refractivity contribution is -0.376. The van der Waals surface area contributed by atoms with Gasteiger partial charge in [0.05, 0.1) is 0 Å². The molecule has 0 aliphatic carbocycles. The van der Waals surface area contributed by atoms with E-state index in [1.165, 1.54) is 6.07 Å². The number of aromatic nitrogens is 1. The molecule has 2 aromatic carbocycles. The zero-order chi connectivity index (χ0) is 22.3. The summed E-state index contributed by atoms with van der Waals surface area (Å²) in [6, 6.07) is 9.86. The lowest BCUT2D eigenvalue weighted by Gasteiger charge is -2.32. The average molecular weight is 428 g/mol. The number of benzene rings is 2. The van der Waals surface area contributed by atoms with Gasteiger partial charge < -0.3 is 9.67 Å². The van der Waals surface area contributed by atoms with Crippen LogP contribution in [0.5, 0.6) is 0 Å². The maximum absolute atomic E-state index is 13.0. The Labute approximate surface area is 166 Å². The molecule has 1 heterocycles. The van der Waals surface area contributed by atoms with Crippen molar-refractivity contribution in [2.45, 2.75) is 24.5 Å². The normalized spacial score (nSPS) is 12.9. The van der Waals surface area contributed by atoms with Crippen LogP contribution in [0.3, 0.4) is 0 Å². The molecule has 1 aromatic heterocycles. The molecule has 4 nitrogen and oxygen atoms in total. The number of carbonyl (C=O) groups is 1. The molecule has 10 heteroatoms. The molecular weight excluding hydrogens is 414 g/mol. The maximum Gasteiger partial charge on any atom is 0.430 e. The van der Waals surface area contributed by atoms with Crippen LogP contribution in [-0.4, -0.2) is 34.7 Å². The minimum absolute atomic E-state index is 0.146. The average Bonchev–Trinajstić information content (AvgIpc) is 3.07. The Morgan fingerprint density at radius 1 is 0.967 bits per heavy atom. The van der Waals surface area contributed by atoms with Crippen molar-refractivity contribution >= 4 is 23.5 Å². The van der Waals surface area contributed by atoms with Crippen LogP contribution in [0, 0.1) is 0 Å². The first kappa shape index (κ1) is 21.6. The fourth-order valence-corrected chi connectivity index (χ4v) is 3.10. The predicted molar refractivity (Wildman–Crippen MR) is 97.4 cm³/mol. The quantitative estimate of drug-likeness (QED) is 0.478. The monoisotopic (exact) mass is 428 g/mol. The lowest BCUT2D eigenvalue weighted by Crippen LogP contribution is -2.53. The highest BCUT2D eigenvalue weighted by Crippen LogP contribution is 2.49. The molecule has 0 saturated carbocycles. The van der Waals surface area contributed by atoms with E-state index >= 15 is 0 Å². The number of aliphatic imine (C=N–C) groups is 1. The number of aliphatic hydroxyl groups is 1. The number of hydrogen-bond acceptors (Lipinski definition) is 2. The first-order chi connectivity index (χ1) is 13.9. The number of hydrogen-bond donors (Lipinski definition) is 1. The molecule has 0 saturated heterocycles. The molecule has 1 amide bonds. The molecule has 158 valence electrons. The van der Waals surface area contributed by atoms with E-state index in [-0.39, 0.29) is 6.54 Å². The Balaban J connectivity index is 1.91. The molecule has 1 N–H and O–H groups in total. The maximum atomic E-state index is 13.0. The van der Waals surface area contributed by atoms with E-state index in [1.54, 1.807) is 29.0 Å². The van der Waals surface area contributed by atoms with E-state index in [0.29, 0.717) is 34.2 Å². The number of fused-ring (bicyclic) bond motifs is 1. The summed E-state index contributed by atoms with van der Waals surface area (Å²) in [4.78, 5) is 14.9. The van der Waals surface area contributed by atoms with Crippen LogP contribution >= 0.6 is 0 Å². The smallest absolute Gasteiger partial charge is 0.369 e. The van der Waals surface area contributed by atoms with E-state index in [1.807, 2.05) is 0 Å². The minimum Gasteiger partial charge on any atom is -0.369 e. The lowest BCUT2D eigenvalue weighted by atomic mass is 9.91. The molecule has 0 fully saturated rings. The Hall–Kier alpha value is -3.14. The van der Waals surface area contributed by atoms with E-state index in [4.69, 9.17) is 0 Å². The van der Waals surface area contributed by atoms with Gasteiger partial charge >= 0.3 is 12.4 Å². The van der Waals surface area contributed by atoms with Gasteiger partial charge in [-0.1, -0.05) is 24.3 Å². The number of rotatable bonds is 4. The van der Waals surface area contributed by atoms with Crippen LogP contribution in [0.4, 0.5) is 26.3 Å². The zero-order valence-electron chi connectivity index (χ0n) is 15.1. The van der Waals surface area contributed by atoms with Crippen molar-refractivity contribution in [1.82, 2.24) is 4.57 Å². The SMILES string of the molecule is C=NC(=O)c1ccc2c(ccn2Cc2ccc(C(O)(C(F)(F)F)C(F)(F)F)cc2)c1. The van der Waals surface area contributed by atoms with Crippen LogP contribution in [0.15, 0.2) is 59.7 Å². The van der Waals surface area contributed by atoms with Gasteiger partial charge in [-0.3, -0.25) is 4.79 Å². The molecule has 30 heavy (non-hydrogen) atoms. The van der Waals surface area contributed by atoms with Crippen LogP contribution < -0.4 is 0 Å². The Morgan fingerprint density at radius 2 is 1.57 bits per heavy atom. The first-order valence-corrected chi connectivity index (χ1v) is 8.43. The summed E-state index contributed by atoms with van der Waals surface area (Å²) in [5.41, 5.74) is -4.83. The molecule has 0 unspecified atom stereocenters. The molecule has 0 bridgehead atoms. The molecular formula is C20H14F6N2O2. The molecule has 0 aliphatic heterocycles. The molecule has 0 spiro atoms. The van der Waals surface area contributed by atoms with E-state index in [0.717, 1.165) is 12.1 Å². The second-order valence-corrected chi connectivity index (χ2v) is 6.58. The Kier molecular flexibility index (Phi) is 5.23. The van der Waals surface area contributed by atoms with Crippen LogP contribution in [0.25, 0.3) is 10.9 Å². The number of amides is 1. The van der Waals surface area contributed by atoms with Gasteiger partial charge in [-0.25, -0.2) is 4.99 Å². The van der Waals surface area contributed by atoms with Gasteiger partial charge in [-0.05, 0) is 36.5 Å². The summed E-state index contributed by atoms with van der Waals surface area (Å²) < 4.78 is 79.5. The standard InChI is InChI=1S/C20H14F6N2O2/c1-27-17(29)14-4-7-16-13(10-14)8-9-28(16)11-12-2-5-15(6-3-12)18(30,19(21,22)23)20(24,25)26/h2-10,30H,1,11H2. The van der Waals surface area contributed by atoms with E-state index in [2.05, 4.69) is 11.7 Å². The zero-order valence-corrected chi connectivity index (χ0v) is 15.1. The summed E-state index contributed by atoms with van der Waals surface area (Å²) >= 11 is 0. The van der Waals surface area contributed by atoms with Gasteiger partial charge in [0.2, 0.25) is 0 Å². The molecule has 0 aliphatic rings. The number of nitrogens with zero attached hydrogens (tertiary/aromatic N) is 2. The van der Waals surface area contributed by atoms with Gasteiger partial charge in [-0.2, -0.15) is 26.3 Å². The largest absolute Gasteiger partial charge is 0.430 e. The fourth-order valence-electron chi connectivity index (χ4n) is 3.10. The summed E-state index contributed by atoms with van der Waals surface area (Å²) in [6.07, 6.45) is -10.2. The number of halogens is 6. The topological polar surface area (TPSA) is 54.6 Å². The van der Waals surface area contributed by atoms with Gasteiger partial charge in [0.25, 0.3) is 11.5 Å². The highest BCUT2D eigenvalue weighted by molar-refractivity contribution is 6.00. The Bertz CT molecular complexity index is 1080. The fraction of sp³-hybridized carbons (Fsp3) is 0.200. The highest BCUT2D eigenvalue weighted by atomic mass is 19.4. The minimum atomic E-state index is -5.93. The molecule has 0 radical (unpaired) electrons. The van der Waals surface area contributed by atoms with Crippen LogP contribution in [0.2, 0.25) is 0 Å². The molecule has 3 rings (SSSR count). The number of alkyl halides is 6. The summed E-state index contributed by atoms with van der Waals surface area (Å²) in [7, 11) is 0. The second-order valence-electron chi connectivity index (χ2n) is 6.58. The summed E-state index contributed by atoms with van der Waals surface area (Å²) in [5, 5.41) is 10.1. The van der Waals surface area contributed by atoms with E-state index < -0.39 is 29.4 Å². The van der Waals surface area contributed by atoms with Crippen molar-refractivity contribution in [3.05, 3.63) is 71.4 Å². The van der Waals surface area contributed by atoms with E-state index in [9.17, 15) is 36.2 Å². The van der Waals surface area contributed by atoms with Gasteiger partial charge in [0.15, 0.2) is 0 Å². The van der Waals surface area contributed by atoms with Gasteiger partial charge in [0, 0.05) is 34.8 Å². The van der Waals surface area contributed by atoms with Crippen molar-refractivity contribution in [1.29, 1.82) is 0 Å². The third-order valence-electron chi connectivity index (χ3n) is 4.71. The second kappa shape index (κ2) is 7.28. The van der Waals surface area contributed by atoms with Crippen molar-refractivity contribution < 1.29 is 36.2 Å². The van der Waals surface area contributed by atoms with Crippen LogP contribution in [0.1, 0.15) is 21.5 Å². The van der Waals surface area contributed by atoms with Crippen molar-refractivity contribution in [3.8, 4) is 0 Å². The Morgan fingerprint density at radius 3 is 2.10 bits per heavy atom. The van der Waals surface area contributed by atoms with Crippen molar-refractivity contribution in [2.75, 3.05) is 0 Å².